The third-order valence-electron chi connectivity index (χ3n) is 2.14. The van der Waals surface area contributed by atoms with Crippen LogP contribution >= 0.6 is 0 Å². The van der Waals surface area contributed by atoms with Crippen molar-refractivity contribution in [2.75, 3.05) is 5.32 Å². The topological polar surface area (TPSA) is 66.4 Å². The summed E-state index contributed by atoms with van der Waals surface area (Å²) in [5.74, 6) is -1.66. The Hall–Kier alpha value is -0.349. The number of rotatable bonds is 5. The van der Waals surface area contributed by atoms with Crippen LogP contribution in [0.2, 0.25) is 0 Å². The van der Waals surface area contributed by atoms with E-state index in [9.17, 15) is 22.5 Å². The molecule has 98 valence electrons. The molecule has 0 aromatic heterocycles. The number of carbonyl (C=O) groups excluding carboxylic acids is 1. The van der Waals surface area contributed by atoms with E-state index in [1.165, 1.54) is 0 Å². The fraction of sp³-hybridized carbons (Fsp3) is 0.200. The number of anilines is 1. The van der Waals surface area contributed by atoms with Gasteiger partial charge in [0.2, 0.25) is 5.91 Å². The van der Waals surface area contributed by atoms with Gasteiger partial charge < -0.3 is 23.4 Å². The number of carbonyl (C=O) groups is 2. The van der Waals surface area contributed by atoms with E-state index >= 15 is 0 Å². The zero-order valence-electron chi connectivity index (χ0n) is 10.2. The molecule has 0 heterocycles. The quantitative estimate of drug-likeness (QED) is 0.654. The van der Waals surface area contributed by atoms with Gasteiger partial charge in [0.1, 0.15) is 0 Å². The van der Waals surface area contributed by atoms with Gasteiger partial charge in [0.05, 0.1) is 6.42 Å². The molecule has 19 heavy (non-hydrogen) atoms. The summed E-state index contributed by atoms with van der Waals surface area (Å²) in [6.07, 6.45) is -0.546. The Morgan fingerprint density at radius 3 is 2.05 bits per heavy atom. The van der Waals surface area contributed by atoms with Crippen LogP contribution in [0.3, 0.4) is 0 Å². The molecule has 0 atom stereocenters. The number of hydrogen-bond acceptors (Lipinski definition) is 2. The second-order valence-corrected chi connectivity index (χ2v) is 3.64. The van der Waals surface area contributed by atoms with Crippen LogP contribution in [0.1, 0.15) is 12.8 Å². The summed E-state index contributed by atoms with van der Waals surface area (Å²) in [6, 6.07) is 3.99. The van der Waals surface area contributed by atoms with Crippen molar-refractivity contribution in [3.8, 4) is 0 Å². The number of nitrogens with one attached hydrogen (secondary N) is 1. The third kappa shape index (κ3) is 7.12. The van der Waals surface area contributed by atoms with Crippen molar-refractivity contribution in [2.45, 2.75) is 12.8 Å². The summed E-state index contributed by atoms with van der Waals surface area (Å²) >= 11 is 0. The van der Waals surface area contributed by atoms with E-state index in [4.69, 9.17) is 5.11 Å². The number of hydrogen-bond donors (Lipinski definition) is 2. The average Bonchev–Trinajstić information content (AvgIpc) is 2.26. The van der Waals surface area contributed by atoms with Crippen LogP contribution in [-0.4, -0.2) is 24.0 Å². The second-order valence-electron chi connectivity index (χ2n) is 3.64. The number of aliphatic carboxylic acids is 1. The van der Waals surface area contributed by atoms with Gasteiger partial charge in [-0.15, -0.1) is 5.46 Å². The van der Waals surface area contributed by atoms with Crippen LogP contribution in [0.25, 0.3) is 0 Å². The first-order valence-corrected chi connectivity index (χ1v) is 5.10. The molecule has 0 saturated carbocycles. The minimum absolute atomic E-state index is 0. The summed E-state index contributed by atoms with van der Waals surface area (Å²) in [5, 5.41) is 10.7. The molecule has 9 heteroatoms. The molecule has 2 N–H and O–H groups in total. The van der Waals surface area contributed by atoms with Gasteiger partial charge in [-0.05, 0) is 12.1 Å². The van der Waals surface area contributed by atoms with Gasteiger partial charge in [-0.25, -0.2) is 0 Å². The van der Waals surface area contributed by atoms with E-state index in [1.807, 2.05) is 0 Å². The van der Waals surface area contributed by atoms with Crippen molar-refractivity contribution in [2.24, 2.45) is 0 Å². The molecule has 1 aromatic carbocycles. The predicted molar refractivity (Wildman–Crippen MR) is 60.7 cm³/mol. The van der Waals surface area contributed by atoms with Crippen LogP contribution in [0.4, 0.5) is 18.6 Å². The fourth-order valence-electron chi connectivity index (χ4n) is 1.23. The van der Waals surface area contributed by atoms with E-state index < -0.39 is 24.3 Å². The summed E-state index contributed by atoms with van der Waals surface area (Å²) < 4.78 is 36.9. The van der Waals surface area contributed by atoms with E-state index in [1.54, 1.807) is 0 Å². The van der Waals surface area contributed by atoms with E-state index in [0.29, 0.717) is 0 Å². The zero-order valence-corrected chi connectivity index (χ0v) is 13.3. The Labute approximate surface area is 150 Å². The molecule has 1 amide bonds. The van der Waals surface area contributed by atoms with Crippen molar-refractivity contribution in [3.05, 3.63) is 24.3 Å². The van der Waals surface area contributed by atoms with Crippen molar-refractivity contribution in [1.82, 2.24) is 0 Å². The summed E-state index contributed by atoms with van der Waals surface area (Å²) in [4.78, 5) is 21.4. The molecule has 0 aliphatic rings. The maximum absolute atomic E-state index is 12.3. The van der Waals surface area contributed by atoms with Gasteiger partial charge in [0, 0.05) is 12.1 Å². The number of benzene rings is 1. The molecule has 4 nitrogen and oxygen atoms in total. The van der Waals surface area contributed by atoms with Crippen LogP contribution in [-0.2, 0) is 9.59 Å². The van der Waals surface area contributed by atoms with Gasteiger partial charge in [0.25, 0.3) is 0 Å². The van der Waals surface area contributed by atoms with Crippen LogP contribution in [0, 0.1) is 0 Å². The summed E-state index contributed by atoms with van der Waals surface area (Å²) in [6.45, 7) is -5.05. The molecular weight excluding hydrogens is 289 g/mol. The van der Waals surface area contributed by atoms with Gasteiger partial charge in [-0.3, -0.25) is 9.59 Å². The molecule has 0 aliphatic heterocycles. The first kappa shape index (κ1) is 18.7. The summed E-state index contributed by atoms with van der Waals surface area (Å²) in [5.41, 5.74) is -0.548. The number of carboxylic acid groups (broad SMARTS) is 1. The van der Waals surface area contributed by atoms with Gasteiger partial charge in [-0.1, -0.05) is 12.1 Å². The molecule has 0 unspecified atom stereocenters. The van der Waals surface area contributed by atoms with Gasteiger partial charge in [0.15, 0.2) is 0 Å². The third-order valence-corrected chi connectivity index (χ3v) is 2.14. The van der Waals surface area contributed by atoms with Crippen molar-refractivity contribution in [3.63, 3.8) is 0 Å². The average molecular weight is 299 g/mol. The Balaban J connectivity index is 0.00000324. The molecule has 0 bridgehead atoms. The smallest absolute Gasteiger partial charge is 0.481 e. The number of amides is 1. The monoisotopic (exact) mass is 299 g/mol. The molecule has 0 radical (unpaired) electrons. The second kappa shape index (κ2) is 8.05. The normalized spacial score (nSPS) is 10.5. The Bertz CT molecular complexity index is 450. The van der Waals surface area contributed by atoms with E-state index in [0.717, 1.165) is 24.3 Å². The van der Waals surface area contributed by atoms with Crippen LogP contribution in [0.5, 0.6) is 0 Å². The van der Waals surface area contributed by atoms with Crippen molar-refractivity contribution >= 4 is 30.0 Å². The Morgan fingerprint density at radius 2 is 1.63 bits per heavy atom. The molecule has 1 rings (SSSR count). The Morgan fingerprint density at radius 1 is 1.11 bits per heavy atom. The minimum atomic E-state index is -5.05. The number of halogens is 3. The van der Waals surface area contributed by atoms with E-state index in [2.05, 4.69) is 5.32 Å². The van der Waals surface area contributed by atoms with Crippen LogP contribution < -0.4 is 62.2 Å². The maximum atomic E-state index is 12.3. The van der Waals surface area contributed by atoms with Crippen molar-refractivity contribution < 1.29 is 79.0 Å². The minimum Gasteiger partial charge on any atom is -0.481 e. The largest absolute Gasteiger partial charge is 1.00 e. The molecule has 0 saturated heterocycles. The van der Waals surface area contributed by atoms with E-state index in [-0.39, 0.29) is 69.9 Å². The van der Waals surface area contributed by atoms with Gasteiger partial charge in [-0.2, -0.15) is 0 Å². The standard InChI is InChI=1S/C10H10BF3NO3.K/c12-11(13,14)7-1-3-8(4-2-7)15-9(16)5-6-10(17)18;/h1-4H,5-6H2,(H,15,16)(H,17,18);/q-1;+1. The first-order chi connectivity index (χ1) is 8.29. The number of carboxylic acids is 1. The first-order valence-electron chi connectivity index (χ1n) is 5.10. The SMILES string of the molecule is O=C(O)CCC(=O)Nc1ccc([B-](F)(F)F)cc1.[K+]. The zero-order chi connectivity index (χ0) is 13.8. The maximum Gasteiger partial charge on any atom is 1.00 e. The van der Waals surface area contributed by atoms with Gasteiger partial charge >= 0.3 is 64.3 Å². The molecule has 1 aromatic rings. The molecule has 0 aliphatic carbocycles. The Kier molecular flexibility index (Phi) is 7.91. The summed E-state index contributed by atoms with van der Waals surface area (Å²) in [7, 11) is 0. The molecule has 0 fully saturated rings. The van der Waals surface area contributed by atoms with Crippen LogP contribution in [0.15, 0.2) is 24.3 Å². The predicted octanol–water partition coefficient (Wildman–Crippen LogP) is -1.45. The van der Waals surface area contributed by atoms with Crippen molar-refractivity contribution in [1.29, 1.82) is 0 Å². The molecule has 0 spiro atoms. The molecular formula is C10H10BF3KNO3. The fourth-order valence-corrected chi connectivity index (χ4v) is 1.23.